The summed E-state index contributed by atoms with van der Waals surface area (Å²) in [5, 5.41) is 6.13. The minimum Gasteiger partial charge on any atom is -0.399 e. The van der Waals surface area contributed by atoms with Crippen LogP contribution in [0.1, 0.15) is 15.9 Å². The fourth-order valence-electron chi connectivity index (χ4n) is 2.62. The maximum Gasteiger partial charge on any atom is 0.416 e. The summed E-state index contributed by atoms with van der Waals surface area (Å²) in [4.78, 5) is 12.4. The smallest absolute Gasteiger partial charge is 0.399 e. The Kier molecular flexibility index (Phi) is 5.91. The van der Waals surface area contributed by atoms with Crippen molar-refractivity contribution < 1.29 is 18.0 Å². The van der Waals surface area contributed by atoms with Crippen molar-refractivity contribution in [2.45, 2.75) is 6.18 Å². The van der Waals surface area contributed by atoms with E-state index in [0.717, 1.165) is 12.1 Å². The molecule has 0 aliphatic rings. The predicted molar refractivity (Wildman–Crippen MR) is 110 cm³/mol. The summed E-state index contributed by atoms with van der Waals surface area (Å²) in [6.45, 7) is 0. The van der Waals surface area contributed by atoms with Gasteiger partial charge in [-0.05, 0) is 54.6 Å². The Balaban J connectivity index is 1.82. The molecule has 3 rings (SSSR count). The molecule has 0 bridgehead atoms. The molecule has 0 saturated heterocycles. The van der Waals surface area contributed by atoms with Crippen LogP contribution >= 0.6 is 23.2 Å². The molecule has 0 heterocycles. The van der Waals surface area contributed by atoms with Crippen LogP contribution in [0.15, 0.2) is 60.7 Å². The standard InChI is InChI=1S/C20H14Cl2F3N3O/c21-13-4-11(5-14(22)7-13)19(29)28-18-9-15(26)8-17(10-18)27-16-3-1-2-12(6-16)20(23,24)25/h1-10,27H,26H2,(H,28,29). The van der Waals surface area contributed by atoms with Crippen LogP contribution in [-0.4, -0.2) is 5.91 Å². The molecule has 3 aromatic carbocycles. The summed E-state index contributed by atoms with van der Waals surface area (Å²) >= 11 is 11.8. The van der Waals surface area contributed by atoms with Crippen molar-refractivity contribution in [2.24, 2.45) is 0 Å². The number of anilines is 4. The van der Waals surface area contributed by atoms with Gasteiger partial charge in [0.15, 0.2) is 0 Å². The highest BCUT2D eigenvalue weighted by Crippen LogP contribution is 2.32. The van der Waals surface area contributed by atoms with E-state index < -0.39 is 17.6 Å². The van der Waals surface area contributed by atoms with Crippen molar-refractivity contribution in [3.8, 4) is 0 Å². The molecule has 0 atom stereocenters. The van der Waals surface area contributed by atoms with Crippen molar-refractivity contribution in [3.05, 3.63) is 81.8 Å². The van der Waals surface area contributed by atoms with Gasteiger partial charge in [-0.25, -0.2) is 0 Å². The normalized spacial score (nSPS) is 11.2. The topological polar surface area (TPSA) is 67.1 Å². The number of nitrogens with one attached hydrogen (secondary N) is 2. The zero-order chi connectivity index (χ0) is 21.2. The van der Waals surface area contributed by atoms with E-state index in [1.165, 1.54) is 42.5 Å². The first-order chi connectivity index (χ1) is 13.6. The van der Waals surface area contributed by atoms with Crippen LogP contribution in [0.5, 0.6) is 0 Å². The number of hydrogen-bond donors (Lipinski definition) is 3. The summed E-state index contributed by atoms with van der Waals surface area (Å²) in [5.74, 6) is -0.468. The van der Waals surface area contributed by atoms with Crippen LogP contribution in [0.3, 0.4) is 0 Å². The van der Waals surface area contributed by atoms with E-state index in [2.05, 4.69) is 10.6 Å². The second-order valence-electron chi connectivity index (χ2n) is 6.16. The lowest BCUT2D eigenvalue weighted by Gasteiger charge is -2.13. The minimum absolute atomic E-state index is 0.226. The highest BCUT2D eigenvalue weighted by molar-refractivity contribution is 6.35. The Bertz CT molecular complexity index is 1050. The quantitative estimate of drug-likeness (QED) is 0.401. The molecule has 0 radical (unpaired) electrons. The Hall–Kier alpha value is -2.90. The van der Waals surface area contributed by atoms with Gasteiger partial charge in [0, 0.05) is 38.4 Å². The Labute approximate surface area is 174 Å². The molecule has 0 aliphatic carbocycles. The van der Waals surface area contributed by atoms with Gasteiger partial charge >= 0.3 is 6.18 Å². The average molecular weight is 440 g/mol. The van der Waals surface area contributed by atoms with Crippen LogP contribution in [0, 0.1) is 0 Å². The lowest BCUT2D eigenvalue weighted by molar-refractivity contribution is -0.137. The molecule has 4 nitrogen and oxygen atoms in total. The third-order valence-electron chi connectivity index (χ3n) is 3.82. The number of hydrogen-bond acceptors (Lipinski definition) is 3. The van der Waals surface area contributed by atoms with Gasteiger partial charge in [0.2, 0.25) is 0 Å². The maximum absolute atomic E-state index is 12.9. The molecule has 1 amide bonds. The Morgan fingerprint density at radius 3 is 2.17 bits per heavy atom. The summed E-state index contributed by atoms with van der Waals surface area (Å²) in [5.41, 5.74) is 6.62. The molecule has 0 aliphatic heterocycles. The third-order valence-corrected chi connectivity index (χ3v) is 4.25. The zero-order valence-corrected chi connectivity index (χ0v) is 16.2. The van der Waals surface area contributed by atoms with Gasteiger partial charge in [0.25, 0.3) is 5.91 Å². The fraction of sp³-hybridized carbons (Fsp3) is 0.0500. The second-order valence-corrected chi connectivity index (χ2v) is 7.03. The van der Waals surface area contributed by atoms with E-state index >= 15 is 0 Å². The third kappa shape index (κ3) is 5.56. The number of benzene rings is 3. The summed E-state index contributed by atoms with van der Waals surface area (Å²) < 4.78 is 38.6. The second kappa shape index (κ2) is 8.23. The van der Waals surface area contributed by atoms with E-state index in [1.807, 2.05) is 0 Å². The highest BCUT2D eigenvalue weighted by Gasteiger charge is 2.30. The number of carbonyl (C=O) groups is 1. The van der Waals surface area contributed by atoms with E-state index in [-0.39, 0.29) is 11.3 Å². The van der Waals surface area contributed by atoms with Crippen LogP contribution in [-0.2, 0) is 6.18 Å². The number of amides is 1. The van der Waals surface area contributed by atoms with Crippen LogP contribution < -0.4 is 16.4 Å². The first-order valence-corrected chi connectivity index (χ1v) is 8.98. The zero-order valence-electron chi connectivity index (χ0n) is 14.6. The van der Waals surface area contributed by atoms with Gasteiger partial charge in [0.05, 0.1) is 5.56 Å². The highest BCUT2D eigenvalue weighted by atomic mass is 35.5. The summed E-state index contributed by atoms with van der Waals surface area (Å²) in [6.07, 6.45) is -4.45. The van der Waals surface area contributed by atoms with E-state index in [9.17, 15) is 18.0 Å². The Morgan fingerprint density at radius 1 is 0.862 bits per heavy atom. The summed E-state index contributed by atoms with van der Waals surface area (Å²) in [7, 11) is 0. The van der Waals surface area contributed by atoms with Crippen molar-refractivity contribution in [1.29, 1.82) is 0 Å². The van der Waals surface area contributed by atoms with Crippen LogP contribution in [0.4, 0.5) is 35.9 Å². The van der Waals surface area contributed by atoms with Gasteiger partial charge in [-0.15, -0.1) is 0 Å². The molecule has 150 valence electrons. The molecule has 0 saturated carbocycles. The molecule has 4 N–H and O–H groups in total. The first kappa shape index (κ1) is 20.8. The van der Waals surface area contributed by atoms with Gasteiger partial charge in [-0.2, -0.15) is 13.2 Å². The largest absolute Gasteiger partial charge is 0.416 e. The van der Waals surface area contributed by atoms with Gasteiger partial charge < -0.3 is 16.4 Å². The predicted octanol–water partition coefficient (Wildman–Crippen LogP) is 6.59. The molecular weight excluding hydrogens is 426 g/mol. The van der Waals surface area contributed by atoms with Crippen molar-refractivity contribution >= 4 is 51.9 Å². The molecule has 0 fully saturated rings. The number of carbonyl (C=O) groups excluding carboxylic acids is 1. The molecule has 0 unspecified atom stereocenters. The average Bonchev–Trinajstić information content (AvgIpc) is 2.60. The number of halogens is 5. The number of nitrogens with two attached hydrogens (primary N) is 1. The molecule has 0 spiro atoms. The van der Waals surface area contributed by atoms with E-state index in [1.54, 1.807) is 6.07 Å². The van der Waals surface area contributed by atoms with Gasteiger partial charge in [-0.1, -0.05) is 29.3 Å². The van der Waals surface area contributed by atoms with Crippen LogP contribution in [0.25, 0.3) is 0 Å². The van der Waals surface area contributed by atoms with Crippen molar-refractivity contribution in [1.82, 2.24) is 0 Å². The molecule has 0 aromatic heterocycles. The maximum atomic E-state index is 12.9. The summed E-state index contributed by atoms with van der Waals surface area (Å²) in [6, 6.07) is 13.7. The minimum atomic E-state index is -4.45. The van der Waals surface area contributed by atoms with E-state index in [0.29, 0.717) is 27.1 Å². The number of rotatable bonds is 4. The lowest BCUT2D eigenvalue weighted by Crippen LogP contribution is -2.12. The first-order valence-electron chi connectivity index (χ1n) is 8.22. The number of nitrogen functional groups attached to an aromatic ring is 1. The molecule has 9 heteroatoms. The lowest BCUT2D eigenvalue weighted by atomic mass is 10.1. The monoisotopic (exact) mass is 439 g/mol. The van der Waals surface area contributed by atoms with Gasteiger partial charge in [0.1, 0.15) is 0 Å². The van der Waals surface area contributed by atoms with Gasteiger partial charge in [-0.3, -0.25) is 4.79 Å². The SMILES string of the molecule is Nc1cc(NC(=O)c2cc(Cl)cc(Cl)c2)cc(Nc2cccc(C(F)(F)F)c2)c1. The fourth-order valence-corrected chi connectivity index (χ4v) is 3.15. The van der Waals surface area contributed by atoms with Crippen LogP contribution in [0.2, 0.25) is 10.0 Å². The van der Waals surface area contributed by atoms with Crippen molar-refractivity contribution in [3.63, 3.8) is 0 Å². The van der Waals surface area contributed by atoms with Crippen molar-refractivity contribution in [2.75, 3.05) is 16.4 Å². The Morgan fingerprint density at radius 2 is 1.52 bits per heavy atom. The molecule has 29 heavy (non-hydrogen) atoms. The van der Waals surface area contributed by atoms with E-state index in [4.69, 9.17) is 28.9 Å². The molecular formula is C20H14Cl2F3N3O. The molecule has 3 aromatic rings. The number of alkyl halides is 3.